The molecule has 0 fully saturated rings. The van der Waals surface area contributed by atoms with E-state index < -0.39 is 15.8 Å². The lowest BCUT2D eigenvalue weighted by atomic mass is 9.72. The Labute approximate surface area is 146 Å². The topological polar surface area (TPSA) is 76.2 Å². The molecule has 130 valence electrons. The van der Waals surface area contributed by atoms with Crippen molar-refractivity contribution >= 4 is 15.8 Å². The van der Waals surface area contributed by atoms with Crippen LogP contribution in [0.5, 0.6) is 0 Å². The van der Waals surface area contributed by atoms with E-state index >= 15 is 0 Å². The van der Waals surface area contributed by atoms with Crippen molar-refractivity contribution in [2.24, 2.45) is 0 Å². The highest BCUT2D eigenvalue weighted by molar-refractivity contribution is 7.95. The lowest BCUT2D eigenvalue weighted by molar-refractivity contribution is 0.0518. The Morgan fingerprint density at radius 1 is 1.24 bits per heavy atom. The predicted molar refractivity (Wildman–Crippen MR) is 93.2 cm³/mol. The molecule has 0 saturated heterocycles. The fraction of sp³-hybridized carbons (Fsp3) is 0.316. The molecule has 0 saturated carbocycles. The summed E-state index contributed by atoms with van der Waals surface area (Å²) < 4.78 is 31.4. The molecule has 1 aromatic carbocycles. The zero-order chi connectivity index (χ0) is 17.6. The van der Waals surface area contributed by atoms with Gasteiger partial charge in [-0.3, -0.25) is 0 Å². The van der Waals surface area contributed by atoms with Gasteiger partial charge in [-0.2, -0.15) is 0 Å². The highest BCUT2D eigenvalue weighted by Gasteiger charge is 2.43. The number of carbonyl (C=O) groups is 1. The maximum absolute atomic E-state index is 13.1. The van der Waals surface area contributed by atoms with Gasteiger partial charge in [-0.25, -0.2) is 13.2 Å². The largest absolute Gasteiger partial charge is 0.461 e. The summed E-state index contributed by atoms with van der Waals surface area (Å²) in [6, 6.07) is 8.47. The molecule has 2 atom stereocenters. The first-order valence-corrected chi connectivity index (χ1v) is 9.92. The second-order valence-electron chi connectivity index (χ2n) is 6.38. The average Bonchev–Trinajstić information content (AvgIpc) is 3.10. The first kappa shape index (κ1) is 16.1. The number of sulfone groups is 1. The van der Waals surface area contributed by atoms with Gasteiger partial charge in [0, 0.05) is 18.0 Å². The minimum Gasteiger partial charge on any atom is -0.461 e. The Kier molecular flexibility index (Phi) is 3.80. The Morgan fingerprint density at radius 2 is 2.00 bits per heavy atom. The van der Waals surface area contributed by atoms with E-state index in [1.54, 1.807) is 37.3 Å². The minimum absolute atomic E-state index is 0.0212. The van der Waals surface area contributed by atoms with Crippen LogP contribution in [0.4, 0.5) is 0 Å². The van der Waals surface area contributed by atoms with Crippen LogP contribution in [-0.4, -0.2) is 26.0 Å². The Morgan fingerprint density at radius 3 is 2.72 bits per heavy atom. The van der Waals surface area contributed by atoms with Gasteiger partial charge in [0.2, 0.25) is 9.84 Å². The SMILES string of the molecule is CCOC(=O)c1[nH]cc2c1[C@@H]1CC[C@H]2C=C1S(=O)(=O)c1ccccc1. The molecule has 0 amide bonds. The van der Waals surface area contributed by atoms with E-state index in [1.807, 2.05) is 12.3 Å². The van der Waals surface area contributed by atoms with Crippen molar-refractivity contribution in [1.82, 2.24) is 4.98 Å². The molecule has 1 N–H and O–H groups in total. The number of allylic oxidation sites excluding steroid dienone is 2. The van der Waals surface area contributed by atoms with Gasteiger partial charge in [-0.15, -0.1) is 0 Å². The summed E-state index contributed by atoms with van der Waals surface area (Å²) in [6.45, 7) is 2.04. The van der Waals surface area contributed by atoms with Crippen LogP contribution in [0.1, 0.15) is 53.2 Å². The normalized spacial score (nSPS) is 21.6. The molecule has 25 heavy (non-hydrogen) atoms. The van der Waals surface area contributed by atoms with Crippen molar-refractivity contribution < 1.29 is 17.9 Å². The predicted octanol–water partition coefficient (Wildman–Crippen LogP) is 3.52. The van der Waals surface area contributed by atoms with E-state index in [2.05, 4.69) is 4.98 Å². The van der Waals surface area contributed by atoms with Crippen molar-refractivity contribution in [2.45, 2.75) is 36.5 Å². The van der Waals surface area contributed by atoms with E-state index in [-0.39, 0.29) is 18.4 Å². The summed E-state index contributed by atoms with van der Waals surface area (Å²) in [7, 11) is -3.57. The molecule has 6 heteroatoms. The standard InChI is InChI=1S/C19H19NO4S/c1-2-24-19(21)18-17-14-9-8-12(15(17)11-20-18)10-16(14)25(22,23)13-6-4-3-5-7-13/h3-7,10-12,14,20H,2,8-9H2,1H3/t12-,14+/m0/s1. The summed E-state index contributed by atoms with van der Waals surface area (Å²) in [4.78, 5) is 16.0. The number of carbonyl (C=O) groups excluding carboxylic acids is 1. The lowest BCUT2D eigenvalue weighted by Crippen LogP contribution is -2.26. The average molecular weight is 357 g/mol. The summed E-state index contributed by atoms with van der Waals surface area (Å²) in [6.07, 6.45) is 5.30. The van der Waals surface area contributed by atoms with Gasteiger partial charge in [0.25, 0.3) is 0 Å². The van der Waals surface area contributed by atoms with Gasteiger partial charge < -0.3 is 9.72 Å². The number of ether oxygens (including phenoxy) is 1. The second kappa shape index (κ2) is 5.88. The van der Waals surface area contributed by atoms with E-state index in [1.165, 1.54) is 0 Å². The number of aromatic nitrogens is 1. The first-order chi connectivity index (χ1) is 12.0. The van der Waals surface area contributed by atoms with Gasteiger partial charge >= 0.3 is 5.97 Å². The third kappa shape index (κ3) is 2.43. The number of rotatable bonds is 4. The summed E-state index contributed by atoms with van der Waals surface area (Å²) in [5, 5.41) is 0. The van der Waals surface area contributed by atoms with Gasteiger partial charge in [0.05, 0.1) is 16.4 Å². The molecule has 3 aliphatic rings. The van der Waals surface area contributed by atoms with Crippen molar-refractivity contribution in [2.75, 3.05) is 6.61 Å². The fourth-order valence-corrected chi connectivity index (χ4v) is 5.68. The molecule has 5 nitrogen and oxygen atoms in total. The maximum Gasteiger partial charge on any atom is 0.355 e. The molecule has 3 aliphatic carbocycles. The van der Waals surface area contributed by atoms with Gasteiger partial charge in [-0.1, -0.05) is 24.3 Å². The molecule has 0 unspecified atom stereocenters. The number of fused-ring (bicyclic) bond motifs is 1. The van der Waals surface area contributed by atoms with Gasteiger partial charge in [-0.05, 0) is 43.0 Å². The second-order valence-corrected chi connectivity index (χ2v) is 8.32. The number of hydrogen-bond acceptors (Lipinski definition) is 4. The fourth-order valence-electron chi connectivity index (χ4n) is 3.93. The van der Waals surface area contributed by atoms with Crippen LogP contribution in [0, 0.1) is 0 Å². The monoisotopic (exact) mass is 357 g/mol. The number of hydrogen-bond donors (Lipinski definition) is 1. The molecular weight excluding hydrogens is 338 g/mol. The molecule has 5 rings (SSSR count). The van der Waals surface area contributed by atoms with Crippen LogP contribution < -0.4 is 0 Å². The number of aromatic amines is 1. The van der Waals surface area contributed by atoms with Crippen LogP contribution in [0.25, 0.3) is 0 Å². The highest BCUT2D eigenvalue weighted by atomic mass is 32.2. The number of nitrogens with one attached hydrogen (secondary N) is 1. The molecule has 0 spiro atoms. The highest BCUT2D eigenvalue weighted by Crippen LogP contribution is 2.52. The smallest absolute Gasteiger partial charge is 0.355 e. The van der Waals surface area contributed by atoms with Crippen LogP contribution in [-0.2, 0) is 14.6 Å². The molecule has 1 heterocycles. The van der Waals surface area contributed by atoms with E-state index in [0.717, 1.165) is 24.0 Å². The Hall–Kier alpha value is -2.34. The first-order valence-electron chi connectivity index (χ1n) is 8.44. The third-order valence-corrected chi connectivity index (χ3v) is 6.95. The molecule has 2 bridgehead atoms. The molecule has 0 radical (unpaired) electrons. The van der Waals surface area contributed by atoms with E-state index in [9.17, 15) is 13.2 Å². The summed E-state index contributed by atoms with van der Waals surface area (Å²) >= 11 is 0. The van der Waals surface area contributed by atoms with Crippen molar-refractivity contribution in [3.05, 3.63) is 64.3 Å². The van der Waals surface area contributed by atoms with Crippen LogP contribution in [0.15, 0.2) is 52.4 Å². The van der Waals surface area contributed by atoms with Crippen molar-refractivity contribution in [3.8, 4) is 0 Å². The van der Waals surface area contributed by atoms with Crippen molar-refractivity contribution in [1.29, 1.82) is 0 Å². The number of H-pyrrole nitrogens is 1. The lowest BCUT2D eigenvalue weighted by Gasteiger charge is -2.35. The number of esters is 1. The molecule has 2 aromatic rings. The summed E-state index contributed by atoms with van der Waals surface area (Å²) in [5.41, 5.74) is 2.21. The molecule has 0 aliphatic heterocycles. The summed E-state index contributed by atoms with van der Waals surface area (Å²) in [5.74, 6) is -0.698. The Bertz CT molecular complexity index is 957. The third-order valence-electron chi connectivity index (χ3n) is 5.02. The maximum atomic E-state index is 13.1. The van der Waals surface area contributed by atoms with E-state index in [0.29, 0.717) is 15.5 Å². The van der Waals surface area contributed by atoms with Crippen LogP contribution in [0.2, 0.25) is 0 Å². The molecular formula is C19H19NO4S. The van der Waals surface area contributed by atoms with Crippen LogP contribution in [0.3, 0.4) is 0 Å². The van der Waals surface area contributed by atoms with Crippen molar-refractivity contribution in [3.63, 3.8) is 0 Å². The van der Waals surface area contributed by atoms with E-state index in [4.69, 9.17) is 4.74 Å². The number of benzene rings is 1. The minimum atomic E-state index is -3.57. The quantitative estimate of drug-likeness (QED) is 0.850. The zero-order valence-corrected chi connectivity index (χ0v) is 14.7. The van der Waals surface area contributed by atoms with Crippen LogP contribution >= 0.6 is 0 Å². The molecule has 1 aromatic heterocycles. The van der Waals surface area contributed by atoms with Gasteiger partial charge in [0.15, 0.2) is 0 Å². The van der Waals surface area contributed by atoms with Gasteiger partial charge in [0.1, 0.15) is 5.69 Å². The zero-order valence-electron chi connectivity index (χ0n) is 13.9. The Balaban J connectivity index is 1.81.